The van der Waals surface area contributed by atoms with Gasteiger partial charge in [0.1, 0.15) is 5.69 Å². The predicted molar refractivity (Wildman–Crippen MR) is 100 cm³/mol. The molecular formula is C20H22N4O2. The number of carbonyl (C=O) groups is 1. The van der Waals surface area contributed by atoms with Gasteiger partial charge in [-0.3, -0.25) is 9.89 Å². The van der Waals surface area contributed by atoms with Crippen LogP contribution in [0.4, 0.5) is 5.69 Å². The molecule has 134 valence electrons. The van der Waals surface area contributed by atoms with Crippen molar-refractivity contribution in [3.8, 4) is 11.5 Å². The van der Waals surface area contributed by atoms with E-state index in [1.807, 2.05) is 6.07 Å². The number of nitrogens with zero attached hydrogens (tertiary/aromatic N) is 2. The predicted octanol–water partition coefficient (Wildman–Crippen LogP) is 3.24. The fraction of sp³-hybridized carbons (Fsp3) is 0.300. The summed E-state index contributed by atoms with van der Waals surface area (Å²) in [6.07, 6.45) is 3.84. The van der Waals surface area contributed by atoms with E-state index in [4.69, 9.17) is 4.42 Å². The quantitative estimate of drug-likeness (QED) is 0.741. The van der Waals surface area contributed by atoms with Crippen LogP contribution >= 0.6 is 0 Å². The largest absolute Gasteiger partial charge is 0.463 e. The van der Waals surface area contributed by atoms with Gasteiger partial charge in [-0.2, -0.15) is 5.10 Å². The van der Waals surface area contributed by atoms with Crippen LogP contribution in [0.1, 0.15) is 29.4 Å². The average Bonchev–Trinajstić information content (AvgIpc) is 3.35. The van der Waals surface area contributed by atoms with Crippen LogP contribution in [0.2, 0.25) is 0 Å². The molecule has 1 amide bonds. The first-order valence-electron chi connectivity index (χ1n) is 8.94. The topological polar surface area (TPSA) is 74.2 Å². The fourth-order valence-corrected chi connectivity index (χ4v) is 3.48. The van der Waals surface area contributed by atoms with Crippen molar-refractivity contribution in [2.75, 3.05) is 18.0 Å². The number of fused-ring (bicyclic) bond motifs is 1. The summed E-state index contributed by atoms with van der Waals surface area (Å²) < 4.78 is 5.31. The van der Waals surface area contributed by atoms with E-state index >= 15 is 0 Å². The summed E-state index contributed by atoms with van der Waals surface area (Å²) in [5.74, 6) is 0.479. The standard InChI is InChI=1S/C20H22N4O2/c1-14-8-9-15-5-2-3-6-18(15)24(14)11-10-21-20(25)17-13-16(22-23-17)19-7-4-12-26-19/h2-7,12-14H,8-11H2,1H3,(H,21,25)(H,22,23)/t14-/m1/s1. The molecule has 3 heterocycles. The second kappa shape index (κ2) is 7.07. The van der Waals surface area contributed by atoms with Crippen molar-refractivity contribution in [3.05, 3.63) is 60.0 Å². The van der Waals surface area contributed by atoms with Gasteiger partial charge < -0.3 is 14.6 Å². The third kappa shape index (κ3) is 3.22. The number of H-pyrrole nitrogens is 1. The summed E-state index contributed by atoms with van der Waals surface area (Å²) in [7, 11) is 0. The molecule has 6 heteroatoms. The van der Waals surface area contributed by atoms with E-state index in [0.717, 1.165) is 19.4 Å². The number of aryl methyl sites for hydroxylation is 1. The summed E-state index contributed by atoms with van der Waals surface area (Å²) in [4.78, 5) is 14.7. The van der Waals surface area contributed by atoms with Gasteiger partial charge in [0.2, 0.25) is 0 Å². The van der Waals surface area contributed by atoms with E-state index in [1.165, 1.54) is 11.3 Å². The number of aromatic amines is 1. The highest BCUT2D eigenvalue weighted by molar-refractivity contribution is 5.93. The Hall–Kier alpha value is -3.02. The minimum atomic E-state index is -0.183. The number of carbonyl (C=O) groups excluding carboxylic acids is 1. The second-order valence-corrected chi connectivity index (χ2v) is 6.61. The first-order chi connectivity index (χ1) is 12.7. The van der Waals surface area contributed by atoms with Gasteiger partial charge in [-0.25, -0.2) is 0 Å². The van der Waals surface area contributed by atoms with E-state index in [2.05, 4.69) is 51.6 Å². The Morgan fingerprint density at radius 3 is 3.08 bits per heavy atom. The average molecular weight is 350 g/mol. The first kappa shape index (κ1) is 16.4. The summed E-state index contributed by atoms with van der Waals surface area (Å²) in [5.41, 5.74) is 3.72. The Balaban J connectivity index is 1.37. The molecule has 0 bridgehead atoms. The summed E-state index contributed by atoms with van der Waals surface area (Å²) in [5, 5.41) is 9.87. The normalized spacial score (nSPS) is 16.3. The SMILES string of the molecule is C[C@@H]1CCc2ccccc2N1CCNC(=O)c1cc(-c2ccco2)[nH]n1. The van der Waals surface area contributed by atoms with Crippen LogP contribution in [0, 0.1) is 0 Å². The van der Waals surface area contributed by atoms with Crippen molar-refractivity contribution in [1.29, 1.82) is 0 Å². The molecule has 2 N–H and O–H groups in total. The minimum absolute atomic E-state index is 0.183. The number of hydrogen-bond acceptors (Lipinski definition) is 4. The highest BCUT2D eigenvalue weighted by atomic mass is 16.3. The lowest BCUT2D eigenvalue weighted by Crippen LogP contribution is -2.42. The molecule has 4 rings (SSSR count). The second-order valence-electron chi connectivity index (χ2n) is 6.61. The number of para-hydroxylation sites is 1. The Labute approximate surface area is 152 Å². The summed E-state index contributed by atoms with van der Waals surface area (Å²) in [6.45, 7) is 3.58. The van der Waals surface area contributed by atoms with E-state index in [0.29, 0.717) is 29.7 Å². The highest BCUT2D eigenvalue weighted by Gasteiger charge is 2.22. The lowest BCUT2D eigenvalue weighted by atomic mass is 9.97. The lowest BCUT2D eigenvalue weighted by molar-refractivity contribution is 0.0949. The molecule has 26 heavy (non-hydrogen) atoms. The zero-order valence-corrected chi connectivity index (χ0v) is 14.7. The van der Waals surface area contributed by atoms with Crippen LogP contribution < -0.4 is 10.2 Å². The van der Waals surface area contributed by atoms with Gasteiger partial charge in [0.25, 0.3) is 5.91 Å². The maximum atomic E-state index is 12.4. The first-order valence-corrected chi connectivity index (χ1v) is 8.94. The van der Waals surface area contributed by atoms with Gasteiger partial charge in [0.15, 0.2) is 11.5 Å². The molecule has 6 nitrogen and oxygen atoms in total. The minimum Gasteiger partial charge on any atom is -0.463 e. The highest BCUT2D eigenvalue weighted by Crippen LogP contribution is 2.29. The number of nitrogens with one attached hydrogen (secondary N) is 2. The van der Waals surface area contributed by atoms with Crippen LogP contribution in [0.25, 0.3) is 11.5 Å². The molecule has 3 aromatic rings. The van der Waals surface area contributed by atoms with Gasteiger partial charge in [-0.05, 0) is 43.5 Å². The Bertz CT molecular complexity index is 885. The molecule has 1 aromatic carbocycles. The van der Waals surface area contributed by atoms with Gasteiger partial charge in [0, 0.05) is 30.9 Å². The zero-order valence-electron chi connectivity index (χ0n) is 14.7. The number of hydrogen-bond donors (Lipinski definition) is 2. The van der Waals surface area contributed by atoms with Crippen molar-refractivity contribution in [2.24, 2.45) is 0 Å². The van der Waals surface area contributed by atoms with Crippen molar-refractivity contribution >= 4 is 11.6 Å². The summed E-state index contributed by atoms with van der Waals surface area (Å²) >= 11 is 0. The molecule has 1 atom stereocenters. The van der Waals surface area contributed by atoms with E-state index in [9.17, 15) is 4.79 Å². The van der Waals surface area contributed by atoms with Crippen molar-refractivity contribution in [1.82, 2.24) is 15.5 Å². The van der Waals surface area contributed by atoms with Crippen LogP contribution in [0.5, 0.6) is 0 Å². The van der Waals surface area contributed by atoms with Crippen molar-refractivity contribution in [3.63, 3.8) is 0 Å². The Kier molecular flexibility index (Phi) is 4.48. The molecule has 0 radical (unpaired) electrons. The maximum Gasteiger partial charge on any atom is 0.271 e. The molecule has 0 saturated carbocycles. The molecule has 0 saturated heterocycles. The van der Waals surface area contributed by atoms with Crippen LogP contribution in [-0.4, -0.2) is 35.2 Å². The smallest absolute Gasteiger partial charge is 0.271 e. The third-order valence-electron chi connectivity index (χ3n) is 4.90. The molecule has 0 spiro atoms. The lowest BCUT2D eigenvalue weighted by Gasteiger charge is -2.37. The number of furan rings is 1. The van der Waals surface area contributed by atoms with Crippen LogP contribution in [-0.2, 0) is 6.42 Å². The van der Waals surface area contributed by atoms with Gasteiger partial charge in [-0.15, -0.1) is 0 Å². The number of anilines is 1. The van der Waals surface area contributed by atoms with Gasteiger partial charge >= 0.3 is 0 Å². The Morgan fingerprint density at radius 1 is 1.35 bits per heavy atom. The Morgan fingerprint density at radius 2 is 2.23 bits per heavy atom. The van der Waals surface area contributed by atoms with Crippen molar-refractivity contribution < 1.29 is 9.21 Å². The number of benzene rings is 1. The monoisotopic (exact) mass is 350 g/mol. The van der Waals surface area contributed by atoms with E-state index in [-0.39, 0.29) is 5.91 Å². The molecule has 0 fully saturated rings. The number of aromatic nitrogens is 2. The van der Waals surface area contributed by atoms with Crippen LogP contribution in [0.15, 0.2) is 53.1 Å². The van der Waals surface area contributed by atoms with Crippen LogP contribution in [0.3, 0.4) is 0 Å². The number of rotatable bonds is 5. The molecular weight excluding hydrogens is 328 g/mol. The molecule has 1 aliphatic heterocycles. The maximum absolute atomic E-state index is 12.4. The summed E-state index contributed by atoms with van der Waals surface area (Å²) in [6, 6.07) is 14.3. The zero-order chi connectivity index (χ0) is 17.9. The van der Waals surface area contributed by atoms with E-state index < -0.39 is 0 Å². The fourth-order valence-electron chi connectivity index (χ4n) is 3.48. The molecule has 1 aliphatic rings. The van der Waals surface area contributed by atoms with Gasteiger partial charge in [0.05, 0.1) is 6.26 Å². The number of amides is 1. The molecule has 0 unspecified atom stereocenters. The van der Waals surface area contributed by atoms with Gasteiger partial charge in [-0.1, -0.05) is 18.2 Å². The van der Waals surface area contributed by atoms with Crippen molar-refractivity contribution in [2.45, 2.75) is 25.8 Å². The third-order valence-corrected chi connectivity index (χ3v) is 4.90. The van der Waals surface area contributed by atoms with E-state index in [1.54, 1.807) is 18.4 Å². The molecule has 2 aromatic heterocycles. The molecule has 0 aliphatic carbocycles.